The number of amides is 2. The van der Waals surface area contributed by atoms with Crippen LogP contribution in [0.4, 0.5) is 0 Å². The Morgan fingerprint density at radius 1 is 1.17 bits per heavy atom. The van der Waals surface area contributed by atoms with Gasteiger partial charge in [0.2, 0.25) is 11.8 Å². The van der Waals surface area contributed by atoms with Crippen molar-refractivity contribution in [1.29, 1.82) is 0 Å². The van der Waals surface area contributed by atoms with E-state index in [1.54, 1.807) is 12.0 Å². The van der Waals surface area contributed by atoms with Gasteiger partial charge in [-0.2, -0.15) is 0 Å². The number of fused-ring (bicyclic) bond motifs is 1. The summed E-state index contributed by atoms with van der Waals surface area (Å²) in [6.07, 6.45) is 3.69. The lowest BCUT2D eigenvalue weighted by atomic mass is 9.93. The summed E-state index contributed by atoms with van der Waals surface area (Å²) in [6.45, 7) is 6.23. The second-order valence-corrected chi connectivity index (χ2v) is 6.45. The highest BCUT2D eigenvalue weighted by atomic mass is 16.5. The molecule has 0 aromatic heterocycles. The molecule has 2 aliphatic rings. The van der Waals surface area contributed by atoms with Crippen molar-refractivity contribution in [3.8, 4) is 5.75 Å². The molecule has 0 saturated carbocycles. The van der Waals surface area contributed by atoms with Crippen LogP contribution in [-0.4, -0.2) is 48.4 Å². The van der Waals surface area contributed by atoms with Crippen molar-refractivity contribution in [2.45, 2.75) is 25.8 Å². The molecule has 1 fully saturated rings. The molecule has 128 valence electrons. The van der Waals surface area contributed by atoms with E-state index >= 15 is 0 Å². The van der Waals surface area contributed by atoms with E-state index in [1.165, 1.54) is 17.2 Å². The van der Waals surface area contributed by atoms with Crippen molar-refractivity contribution >= 4 is 11.8 Å². The van der Waals surface area contributed by atoms with Crippen molar-refractivity contribution in [2.75, 3.05) is 26.7 Å². The lowest BCUT2D eigenvalue weighted by molar-refractivity contribution is -0.140. The number of likely N-dealkylation sites (tertiary alicyclic amines) is 1. The Morgan fingerprint density at radius 2 is 1.92 bits per heavy atom. The molecule has 1 aromatic carbocycles. The van der Waals surface area contributed by atoms with Crippen LogP contribution in [0, 0.1) is 5.92 Å². The van der Waals surface area contributed by atoms with Crippen molar-refractivity contribution in [1.82, 2.24) is 9.80 Å². The lowest BCUT2D eigenvalue weighted by Gasteiger charge is -2.36. The summed E-state index contributed by atoms with van der Waals surface area (Å²) in [7, 11) is 1.67. The molecule has 1 saturated heterocycles. The zero-order chi connectivity index (χ0) is 17.1. The van der Waals surface area contributed by atoms with Crippen LogP contribution < -0.4 is 4.74 Å². The summed E-state index contributed by atoms with van der Waals surface area (Å²) in [4.78, 5) is 28.2. The van der Waals surface area contributed by atoms with Crippen LogP contribution in [-0.2, 0) is 22.6 Å². The molecule has 2 amide bonds. The maximum atomic E-state index is 12.8. The average Bonchev–Trinajstić information content (AvgIpc) is 2.66. The van der Waals surface area contributed by atoms with Crippen molar-refractivity contribution in [3.63, 3.8) is 0 Å². The van der Waals surface area contributed by atoms with Gasteiger partial charge in [-0.3, -0.25) is 9.59 Å². The van der Waals surface area contributed by atoms with Gasteiger partial charge in [0.15, 0.2) is 0 Å². The number of carbonyl (C=O) groups is 2. The minimum atomic E-state index is -0.0400. The van der Waals surface area contributed by atoms with Crippen LogP contribution >= 0.6 is 0 Å². The summed E-state index contributed by atoms with van der Waals surface area (Å²) in [5, 5.41) is 0. The van der Waals surface area contributed by atoms with Crippen LogP contribution in [0.25, 0.3) is 0 Å². The smallest absolute Gasteiger partial charge is 0.245 e. The second-order valence-electron chi connectivity index (χ2n) is 6.45. The third kappa shape index (κ3) is 3.30. The number of rotatable bonds is 3. The van der Waals surface area contributed by atoms with Gasteiger partial charge in [-0.1, -0.05) is 12.6 Å². The Balaban J connectivity index is 1.60. The fourth-order valence-corrected chi connectivity index (χ4v) is 3.58. The van der Waals surface area contributed by atoms with Crippen LogP contribution in [0.5, 0.6) is 5.75 Å². The predicted octanol–water partition coefficient (Wildman–Crippen LogP) is 2.00. The summed E-state index contributed by atoms with van der Waals surface area (Å²) < 4.78 is 5.27. The van der Waals surface area contributed by atoms with Gasteiger partial charge < -0.3 is 14.5 Å². The lowest BCUT2D eigenvalue weighted by Crippen LogP contribution is -2.45. The molecule has 2 aliphatic heterocycles. The number of piperidine rings is 1. The quantitative estimate of drug-likeness (QED) is 0.798. The van der Waals surface area contributed by atoms with Crippen molar-refractivity contribution < 1.29 is 14.3 Å². The maximum absolute atomic E-state index is 12.8. The third-order valence-corrected chi connectivity index (χ3v) is 5.07. The zero-order valence-electron chi connectivity index (χ0n) is 14.2. The number of methoxy groups -OCH3 is 1. The highest BCUT2D eigenvalue weighted by molar-refractivity contribution is 5.87. The number of hydrogen-bond acceptors (Lipinski definition) is 3. The van der Waals surface area contributed by atoms with E-state index in [1.807, 2.05) is 11.0 Å². The van der Waals surface area contributed by atoms with Crippen LogP contribution in [0.15, 0.2) is 30.9 Å². The molecular weight excluding hydrogens is 304 g/mol. The summed E-state index contributed by atoms with van der Waals surface area (Å²) in [6, 6.07) is 6.07. The summed E-state index contributed by atoms with van der Waals surface area (Å²) >= 11 is 0. The fourth-order valence-electron chi connectivity index (χ4n) is 3.58. The van der Waals surface area contributed by atoms with E-state index in [0.29, 0.717) is 19.6 Å². The topological polar surface area (TPSA) is 49.9 Å². The number of hydrogen-bond donors (Lipinski definition) is 0. The molecular formula is C19H24N2O3. The normalized spacial score (nSPS) is 18.0. The molecule has 0 unspecified atom stereocenters. The molecule has 0 atom stereocenters. The van der Waals surface area contributed by atoms with Gasteiger partial charge in [-0.15, -0.1) is 0 Å². The van der Waals surface area contributed by atoms with Gasteiger partial charge in [-0.05, 0) is 48.6 Å². The fraction of sp³-hybridized carbons (Fsp3) is 0.474. The monoisotopic (exact) mass is 328 g/mol. The Kier molecular flexibility index (Phi) is 4.88. The van der Waals surface area contributed by atoms with E-state index in [0.717, 1.165) is 31.6 Å². The minimum Gasteiger partial charge on any atom is -0.497 e. The standard InChI is InChI=1S/C19H24N2O3/c1-3-18(22)20-9-6-14(7-10-20)19(23)21-11-8-15-12-17(24-2)5-4-16(15)13-21/h3-5,12,14H,1,6-11,13H2,2H3. The van der Waals surface area contributed by atoms with Crippen molar-refractivity contribution in [3.05, 3.63) is 42.0 Å². The number of nitrogens with zero attached hydrogens (tertiary/aromatic N) is 2. The van der Waals surface area contributed by atoms with Gasteiger partial charge >= 0.3 is 0 Å². The van der Waals surface area contributed by atoms with Crippen LogP contribution in [0.2, 0.25) is 0 Å². The van der Waals surface area contributed by atoms with E-state index in [-0.39, 0.29) is 17.7 Å². The Hall–Kier alpha value is -2.30. The molecule has 24 heavy (non-hydrogen) atoms. The first-order chi connectivity index (χ1) is 11.6. The van der Waals surface area contributed by atoms with Gasteiger partial charge in [-0.25, -0.2) is 0 Å². The van der Waals surface area contributed by atoms with Gasteiger partial charge in [0.05, 0.1) is 7.11 Å². The van der Waals surface area contributed by atoms with Crippen LogP contribution in [0.3, 0.4) is 0 Å². The molecule has 5 nitrogen and oxygen atoms in total. The number of carbonyl (C=O) groups excluding carboxylic acids is 2. The molecule has 0 N–H and O–H groups in total. The summed E-state index contributed by atoms with van der Waals surface area (Å²) in [5.74, 6) is 1.08. The highest BCUT2D eigenvalue weighted by Crippen LogP contribution is 2.27. The van der Waals surface area contributed by atoms with Gasteiger partial charge in [0.1, 0.15) is 5.75 Å². The SMILES string of the molecule is C=CC(=O)N1CCC(C(=O)N2CCc3cc(OC)ccc3C2)CC1. The minimum absolute atomic E-state index is 0.0265. The zero-order valence-corrected chi connectivity index (χ0v) is 14.2. The van der Waals surface area contributed by atoms with E-state index in [2.05, 4.69) is 18.7 Å². The predicted molar refractivity (Wildman–Crippen MR) is 91.6 cm³/mol. The number of benzene rings is 1. The molecule has 0 bridgehead atoms. The molecule has 1 aromatic rings. The molecule has 2 heterocycles. The molecule has 0 spiro atoms. The largest absolute Gasteiger partial charge is 0.497 e. The van der Waals surface area contributed by atoms with E-state index in [4.69, 9.17) is 4.74 Å². The first kappa shape index (κ1) is 16.6. The molecule has 0 radical (unpaired) electrons. The Bertz CT molecular complexity index is 648. The van der Waals surface area contributed by atoms with Gasteiger partial charge in [0, 0.05) is 32.1 Å². The Labute approximate surface area is 142 Å². The number of ether oxygens (including phenoxy) is 1. The first-order valence-corrected chi connectivity index (χ1v) is 8.48. The van der Waals surface area contributed by atoms with E-state index < -0.39 is 0 Å². The van der Waals surface area contributed by atoms with Crippen LogP contribution in [0.1, 0.15) is 24.0 Å². The van der Waals surface area contributed by atoms with E-state index in [9.17, 15) is 9.59 Å². The average molecular weight is 328 g/mol. The molecule has 3 rings (SSSR count). The summed E-state index contributed by atoms with van der Waals surface area (Å²) in [5.41, 5.74) is 2.47. The maximum Gasteiger partial charge on any atom is 0.245 e. The molecule has 0 aliphatic carbocycles. The third-order valence-electron chi connectivity index (χ3n) is 5.07. The van der Waals surface area contributed by atoms with Crippen molar-refractivity contribution in [2.24, 2.45) is 5.92 Å². The highest BCUT2D eigenvalue weighted by Gasteiger charge is 2.31. The van der Waals surface area contributed by atoms with Gasteiger partial charge in [0.25, 0.3) is 0 Å². The second kappa shape index (κ2) is 7.07. The Morgan fingerprint density at radius 3 is 2.58 bits per heavy atom. The first-order valence-electron chi connectivity index (χ1n) is 8.48. The molecule has 5 heteroatoms.